The van der Waals surface area contributed by atoms with Crippen LogP contribution in [0.25, 0.3) is 5.69 Å². The number of amides is 1. The van der Waals surface area contributed by atoms with Crippen molar-refractivity contribution in [2.24, 2.45) is 0 Å². The van der Waals surface area contributed by atoms with Crippen molar-refractivity contribution < 1.29 is 4.79 Å². The van der Waals surface area contributed by atoms with Gasteiger partial charge in [0.2, 0.25) is 0 Å². The first-order valence-electron chi connectivity index (χ1n) is 8.47. The molecule has 0 aliphatic carbocycles. The number of benzene rings is 1. The van der Waals surface area contributed by atoms with E-state index in [9.17, 15) is 4.79 Å². The quantitative estimate of drug-likeness (QED) is 0.803. The summed E-state index contributed by atoms with van der Waals surface area (Å²) in [5.41, 5.74) is 2.56. The van der Waals surface area contributed by atoms with Gasteiger partial charge in [0, 0.05) is 29.6 Å². The maximum atomic E-state index is 13.0. The van der Waals surface area contributed by atoms with Crippen molar-refractivity contribution in [1.29, 1.82) is 0 Å². The fraction of sp³-hybridized carbons (Fsp3) is 0.444. The van der Waals surface area contributed by atoms with E-state index < -0.39 is 0 Å². The molecule has 2 atom stereocenters. The molecule has 2 fully saturated rings. The third-order valence-electron chi connectivity index (χ3n) is 5.12. The van der Waals surface area contributed by atoms with E-state index in [1.807, 2.05) is 40.8 Å². The van der Waals surface area contributed by atoms with Gasteiger partial charge in [-0.3, -0.25) is 4.79 Å². The van der Waals surface area contributed by atoms with Crippen LogP contribution in [0.2, 0.25) is 0 Å². The zero-order valence-corrected chi connectivity index (χ0v) is 16.5. The fourth-order valence-corrected chi connectivity index (χ4v) is 4.02. The second-order valence-corrected chi connectivity index (χ2v) is 7.63. The van der Waals surface area contributed by atoms with Crippen molar-refractivity contribution in [3.05, 3.63) is 46.2 Å². The van der Waals surface area contributed by atoms with Gasteiger partial charge in [0.25, 0.3) is 5.91 Å². The molecule has 1 aromatic heterocycles. The Labute approximate surface area is 162 Å². The average molecular weight is 426 g/mol. The van der Waals surface area contributed by atoms with E-state index >= 15 is 0 Å². The van der Waals surface area contributed by atoms with E-state index in [0.29, 0.717) is 17.6 Å². The van der Waals surface area contributed by atoms with Gasteiger partial charge in [0.15, 0.2) is 0 Å². The summed E-state index contributed by atoms with van der Waals surface area (Å²) in [6, 6.07) is 8.98. The highest BCUT2D eigenvalue weighted by Gasteiger charge is 2.32. The number of nitrogens with one attached hydrogen (secondary N) is 1. The van der Waals surface area contributed by atoms with Crippen molar-refractivity contribution in [2.75, 3.05) is 13.1 Å². The Morgan fingerprint density at radius 1 is 1.20 bits per heavy atom. The number of likely N-dealkylation sites (tertiary alicyclic amines) is 1. The zero-order chi connectivity index (χ0) is 16.7. The second kappa shape index (κ2) is 7.48. The molecule has 2 unspecified atom stereocenters. The summed E-state index contributed by atoms with van der Waals surface area (Å²) in [6.07, 6.45) is 5.16. The normalized spacial score (nSPS) is 22.4. The van der Waals surface area contributed by atoms with E-state index in [-0.39, 0.29) is 18.3 Å². The minimum absolute atomic E-state index is 0. The molecule has 2 bridgehead atoms. The molecule has 7 heteroatoms. The summed E-state index contributed by atoms with van der Waals surface area (Å²) < 4.78 is 2.86. The Morgan fingerprint density at radius 2 is 1.92 bits per heavy atom. The first-order chi connectivity index (χ1) is 11.6. The van der Waals surface area contributed by atoms with Crippen LogP contribution in [0.1, 0.15) is 35.3 Å². The summed E-state index contributed by atoms with van der Waals surface area (Å²) >= 11 is 3.44. The van der Waals surface area contributed by atoms with Gasteiger partial charge in [-0.2, -0.15) is 5.10 Å². The monoisotopic (exact) mass is 424 g/mol. The minimum Gasteiger partial charge on any atom is -0.337 e. The van der Waals surface area contributed by atoms with E-state index in [1.165, 1.54) is 12.8 Å². The van der Waals surface area contributed by atoms with Gasteiger partial charge in [-0.25, -0.2) is 4.68 Å². The van der Waals surface area contributed by atoms with Gasteiger partial charge in [-0.1, -0.05) is 15.9 Å². The smallest absolute Gasteiger partial charge is 0.257 e. The molecule has 5 nitrogen and oxygen atoms in total. The van der Waals surface area contributed by atoms with E-state index in [1.54, 1.807) is 6.20 Å². The SMILES string of the molecule is Cc1c(C(=O)N2CCC3CCC(C2)N3)cnn1-c1ccc(Br)cc1.Cl. The first-order valence-corrected chi connectivity index (χ1v) is 9.27. The average Bonchev–Trinajstić information content (AvgIpc) is 3.10. The van der Waals surface area contributed by atoms with E-state index in [2.05, 4.69) is 26.3 Å². The van der Waals surface area contributed by atoms with E-state index in [0.717, 1.165) is 35.4 Å². The Bertz CT molecular complexity index is 761. The molecule has 1 N–H and O–H groups in total. The lowest BCUT2D eigenvalue weighted by atomic mass is 10.1. The number of carbonyl (C=O) groups excluding carboxylic acids is 1. The predicted molar refractivity (Wildman–Crippen MR) is 104 cm³/mol. The molecule has 2 saturated heterocycles. The van der Waals surface area contributed by atoms with Crippen LogP contribution in [0.15, 0.2) is 34.9 Å². The van der Waals surface area contributed by atoms with Crippen LogP contribution in [0.5, 0.6) is 0 Å². The Hall–Kier alpha value is -1.37. The van der Waals surface area contributed by atoms with Gasteiger partial charge in [-0.15, -0.1) is 12.4 Å². The van der Waals surface area contributed by atoms with Gasteiger partial charge in [-0.05, 0) is 50.5 Å². The molecule has 2 aliphatic rings. The third-order valence-corrected chi connectivity index (χ3v) is 5.65. The van der Waals surface area contributed by atoms with Crippen LogP contribution in [-0.4, -0.2) is 45.8 Å². The molecule has 0 spiro atoms. The molecule has 2 aliphatic heterocycles. The Kier molecular flexibility index (Phi) is 5.51. The largest absolute Gasteiger partial charge is 0.337 e. The third kappa shape index (κ3) is 3.61. The van der Waals surface area contributed by atoms with Crippen molar-refractivity contribution in [1.82, 2.24) is 20.0 Å². The predicted octanol–water partition coefficient (Wildman–Crippen LogP) is 3.33. The van der Waals surface area contributed by atoms with Crippen LogP contribution in [-0.2, 0) is 0 Å². The minimum atomic E-state index is 0. The lowest BCUT2D eigenvalue weighted by Gasteiger charge is -2.24. The maximum absolute atomic E-state index is 13.0. The number of hydrogen-bond donors (Lipinski definition) is 1. The van der Waals surface area contributed by atoms with Gasteiger partial charge in [0.1, 0.15) is 0 Å². The molecule has 2 aromatic rings. The maximum Gasteiger partial charge on any atom is 0.257 e. The number of fused-ring (bicyclic) bond motifs is 2. The van der Waals surface area contributed by atoms with Gasteiger partial charge in [0.05, 0.1) is 23.1 Å². The number of hydrogen-bond acceptors (Lipinski definition) is 3. The topological polar surface area (TPSA) is 50.2 Å². The summed E-state index contributed by atoms with van der Waals surface area (Å²) in [4.78, 5) is 15.0. The molecule has 4 rings (SSSR count). The van der Waals surface area contributed by atoms with Gasteiger partial charge >= 0.3 is 0 Å². The molecule has 0 saturated carbocycles. The van der Waals surface area contributed by atoms with Crippen molar-refractivity contribution in [3.8, 4) is 5.69 Å². The van der Waals surface area contributed by atoms with Crippen LogP contribution in [0.4, 0.5) is 0 Å². The number of rotatable bonds is 2. The number of nitrogens with zero attached hydrogens (tertiary/aromatic N) is 3. The number of carbonyl (C=O) groups is 1. The fourth-order valence-electron chi connectivity index (χ4n) is 3.76. The second-order valence-electron chi connectivity index (χ2n) is 6.71. The molecule has 25 heavy (non-hydrogen) atoms. The van der Waals surface area contributed by atoms with Crippen molar-refractivity contribution >= 4 is 34.2 Å². The summed E-state index contributed by atoms with van der Waals surface area (Å²) in [5, 5.41) is 8.06. The highest BCUT2D eigenvalue weighted by atomic mass is 79.9. The molecule has 1 amide bonds. The van der Waals surface area contributed by atoms with Crippen LogP contribution in [0, 0.1) is 6.92 Å². The van der Waals surface area contributed by atoms with Crippen LogP contribution < -0.4 is 5.32 Å². The number of aromatic nitrogens is 2. The van der Waals surface area contributed by atoms with Crippen molar-refractivity contribution in [3.63, 3.8) is 0 Å². The van der Waals surface area contributed by atoms with Gasteiger partial charge < -0.3 is 10.2 Å². The Balaban J connectivity index is 0.00000182. The van der Waals surface area contributed by atoms with E-state index in [4.69, 9.17) is 0 Å². The van der Waals surface area contributed by atoms with Crippen molar-refractivity contribution in [2.45, 2.75) is 38.3 Å². The number of halogens is 2. The highest BCUT2D eigenvalue weighted by Crippen LogP contribution is 2.23. The lowest BCUT2D eigenvalue weighted by molar-refractivity contribution is 0.0747. The summed E-state index contributed by atoms with van der Waals surface area (Å²) in [6.45, 7) is 3.60. The zero-order valence-electron chi connectivity index (χ0n) is 14.1. The highest BCUT2D eigenvalue weighted by molar-refractivity contribution is 9.10. The van der Waals surface area contributed by atoms with Crippen LogP contribution >= 0.6 is 28.3 Å². The Morgan fingerprint density at radius 3 is 2.68 bits per heavy atom. The lowest BCUT2D eigenvalue weighted by Crippen LogP contribution is -2.39. The molecule has 3 heterocycles. The standard InChI is InChI=1S/C18H21BrN4O.ClH/c1-12-17(10-20-23(12)16-6-2-13(19)3-7-16)18(24)22-9-8-14-4-5-15(11-22)21-14;/h2-3,6-7,10,14-15,21H,4-5,8-9,11H2,1H3;1H. The molecule has 134 valence electrons. The molecular formula is C18H22BrClN4O. The molecule has 0 radical (unpaired) electrons. The summed E-state index contributed by atoms with van der Waals surface area (Å²) in [7, 11) is 0. The first kappa shape index (κ1) is 18.4. The molecule has 1 aromatic carbocycles. The summed E-state index contributed by atoms with van der Waals surface area (Å²) in [5.74, 6) is 0.102. The molecular weight excluding hydrogens is 404 g/mol. The van der Waals surface area contributed by atoms with Crippen LogP contribution in [0.3, 0.4) is 0 Å².